The SMILES string of the molecule is C=CCOC/C=C/[C@@H](OC)[C@@H](C)[C@H](OCc1ccc(OC)cc1)[C@H](C)[C@@H](O)CC(=O)CC(=O)O[C@@H](CO[Si](C)(C)C(C)(C)C)CC(=C)C. The molecular formula is C38H62O9Si. The number of rotatable bonds is 24. The van der Waals surface area contributed by atoms with Gasteiger partial charge in [0.25, 0.3) is 0 Å². The molecule has 0 saturated heterocycles. The third-order valence-electron chi connectivity index (χ3n) is 8.90. The van der Waals surface area contributed by atoms with Crippen molar-refractivity contribution in [2.45, 2.75) is 110 Å². The molecule has 0 bridgehead atoms. The first-order chi connectivity index (χ1) is 22.4. The van der Waals surface area contributed by atoms with E-state index in [0.29, 0.717) is 19.6 Å². The van der Waals surface area contributed by atoms with Crippen molar-refractivity contribution in [2.24, 2.45) is 11.8 Å². The highest BCUT2D eigenvalue weighted by molar-refractivity contribution is 6.74. The number of esters is 1. The van der Waals surface area contributed by atoms with Crippen molar-refractivity contribution in [3.63, 3.8) is 0 Å². The molecule has 48 heavy (non-hydrogen) atoms. The molecule has 1 aromatic carbocycles. The van der Waals surface area contributed by atoms with Gasteiger partial charge in [-0.3, -0.25) is 9.59 Å². The number of methoxy groups -OCH3 is 2. The lowest BCUT2D eigenvalue weighted by molar-refractivity contribution is -0.153. The molecule has 0 heterocycles. The molecule has 1 rings (SSSR count). The summed E-state index contributed by atoms with van der Waals surface area (Å²) in [6.07, 6.45) is 2.78. The number of aliphatic hydroxyl groups excluding tert-OH is 1. The summed E-state index contributed by atoms with van der Waals surface area (Å²) in [6.45, 7) is 25.4. The maximum atomic E-state index is 13.1. The molecule has 272 valence electrons. The molecule has 10 heteroatoms. The van der Waals surface area contributed by atoms with E-state index in [1.165, 1.54) is 0 Å². The fourth-order valence-electron chi connectivity index (χ4n) is 4.90. The van der Waals surface area contributed by atoms with E-state index in [9.17, 15) is 14.7 Å². The summed E-state index contributed by atoms with van der Waals surface area (Å²) in [5, 5.41) is 11.3. The predicted molar refractivity (Wildman–Crippen MR) is 194 cm³/mol. The van der Waals surface area contributed by atoms with Crippen molar-refractivity contribution in [3.8, 4) is 5.75 Å². The highest BCUT2D eigenvalue weighted by Crippen LogP contribution is 2.37. The fraction of sp³-hybridized carbons (Fsp3) is 0.632. The molecule has 1 aromatic rings. The van der Waals surface area contributed by atoms with E-state index in [1.807, 2.05) is 57.2 Å². The van der Waals surface area contributed by atoms with E-state index in [1.54, 1.807) is 20.3 Å². The number of ketones is 1. The lowest BCUT2D eigenvalue weighted by Crippen LogP contribution is -2.43. The minimum absolute atomic E-state index is 0.000670. The topological polar surface area (TPSA) is 110 Å². The molecule has 0 amide bonds. The molecule has 9 nitrogen and oxygen atoms in total. The molecule has 0 spiro atoms. The third kappa shape index (κ3) is 15.7. The van der Waals surface area contributed by atoms with Crippen LogP contribution in [0.2, 0.25) is 18.1 Å². The maximum Gasteiger partial charge on any atom is 0.313 e. The van der Waals surface area contributed by atoms with Crippen molar-refractivity contribution >= 4 is 20.1 Å². The van der Waals surface area contributed by atoms with Crippen LogP contribution in [-0.4, -0.2) is 83.6 Å². The van der Waals surface area contributed by atoms with Crippen molar-refractivity contribution < 1.29 is 42.8 Å². The Morgan fingerprint density at radius 2 is 1.67 bits per heavy atom. The second-order valence-electron chi connectivity index (χ2n) is 14.1. The first kappa shape index (κ1) is 43.4. The van der Waals surface area contributed by atoms with Gasteiger partial charge >= 0.3 is 5.97 Å². The smallest absolute Gasteiger partial charge is 0.313 e. The summed E-state index contributed by atoms with van der Waals surface area (Å²) in [6, 6.07) is 7.55. The van der Waals surface area contributed by atoms with E-state index in [-0.39, 0.29) is 36.7 Å². The Labute approximate surface area is 290 Å². The average Bonchev–Trinajstić information content (AvgIpc) is 3.00. The Morgan fingerprint density at radius 1 is 1.02 bits per heavy atom. The minimum atomic E-state index is -2.08. The number of benzene rings is 1. The van der Waals surface area contributed by atoms with E-state index in [4.69, 9.17) is 28.1 Å². The number of hydrogen-bond donors (Lipinski definition) is 1. The largest absolute Gasteiger partial charge is 0.497 e. The normalized spacial score (nSPS) is 16.1. The van der Waals surface area contributed by atoms with Crippen LogP contribution in [0, 0.1) is 11.8 Å². The lowest BCUT2D eigenvalue weighted by atomic mass is 9.84. The van der Waals surface area contributed by atoms with Crippen LogP contribution in [0.1, 0.15) is 66.4 Å². The summed E-state index contributed by atoms with van der Waals surface area (Å²) in [7, 11) is 1.15. The zero-order valence-electron chi connectivity index (χ0n) is 31.1. The van der Waals surface area contributed by atoms with Gasteiger partial charge in [0.2, 0.25) is 0 Å². The Morgan fingerprint density at radius 3 is 2.21 bits per heavy atom. The molecule has 0 aliphatic carbocycles. The van der Waals surface area contributed by atoms with Crippen molar-refractivity contribution in [1.82, 2.24) is 0 Å². The molecule has 0 saturated carbocycles. The Balaban J connectivity index is 3.00. The average molecular weight is 691 g/mol. The highest BCUT2D eigenvalue weighted by Gasteiger charge is 2.38. The van der Waals surface area contributed by atoms with Crippen molar-refractivity contribution in [1.29, 1.82) is 0 Å². The van der Waals surface area contributed by atoms with Crippen molar-refractivity contribution in [2.75, 3.05) is 34.0 Å². The number of carbonyl (C=O) groups excluding carboxylic acids is 2. The van der Waals surface area contributed by atoms with E-state index in [0.717, 1.165) is 16.9 Å². The molecule has 0 aromatic heterocycles. The van der Waals surface area contributed by atoms with Gasteiger partial charge in [0, 0.05) is 31.8 Å². The van der Waals surface area contributed by atoms with Gasteiger partial charge in [-0.1, -0.05) is 70.6 Å². The molecule has 6 atom stereocenters. The van der Waals surface area contributed by atoms with E-state index < -0.39 is 50.7 Å². The second-order valence-corrected chi connectivity index (χ2v) is 18.9. The van der Waals surface area contributed by atoms with Gasteiger partial charge in [-0.15, -0.1) is 13.2 Å². The van der Waals surface area contributed by atoms with Crippen LogP contribution >= 0.6 is 0 Å². The van der Waals surface area contributed by atoms with Gasteiger partial charge in [-0.2, -0.15) is 0 Å². The van der Waals surface area contributed by atoms with Gasteiger partial charge < -0.3 is 33.2 Å². The van der Waals surface area contributed by atoms with Gasteiger partial charge in [-0.25, -0.2) is 0 Å². The minimum Gasteiger partial charge on any atom is -0.497 e. The fourth-order valence-corrected chi connectivity index (χ4v) is 5.94. The third-order valence-corrected chi connectivity index (χ3v) is 13.4. The highest BCUT2D eigenvalue weighted by atomic mass is 28.4. The quantitative estimate of drug-likeness (QED) is 0.0395. The van der Waals surface area contributed by atoms with E-state index >= 15 is 0 Å². The van der Waals surface area contributed by atoms with Crippen LogP contribution in [0.4, 0.5) is 0 Å². The summed E-state index contributed by atoms with van der Waals surface area (Å²) >= 11 is 0. The monoisotopic (exact) mass is 690 g/mol. The number of aliphatic hydroxyl groups is 1. The number of hydrogen-bond acceptors (Lipinski definition) is 9. The van der Waals surface area contributed by atoms with Gasteiger partial charge in [0.05, 0.1) is 51.8 Å². The summed E-state index contributed by atoms with van der Waals surface area (Å²) in [5.41, 5.74) is 1.78. The Hall–Kier alpha value is -2.60. The van der Waals surface area contributed by atoms with Crippen LogP contribution in [0.15, 0.2) is 61.2 Å². The van der Waals surface area contributed by atoms with Crippen LogP contribution in [0.3, 0.4) is 0 Å². The standard InChI is InChI=1S/C38H62O9Si/c1-13-20-44-21-14-15-35(43-10)29(5)37(45-25-30-16-18-32(42-9)19-17-30)28(4)34(40)23-31(39)24-36(41)47-33(22-27(2)3)26-46-48(11,12)38(6,7)8/h13-19,28-29,33-35,37,40H,1-2,20-26H2,3-12H3/b15-14+/t28-,29-,33-,34+,35-,37-/m1/s1. The number of ether oxygens (including phenoxy) is 5. The number of Topliss-reactive ketones (excluding diaryl/α,β-unsaturated/α-hetero) is 1. The molecule has 0 aliphatic rings. The van der Waals surface area contributed by atoms with Gasteiger partial charge in [-0.05, 0) is 42.8 Å². The maximum absolute atomic E-state index is 13.1. The van der Waals surface area contributed by atoms with Gasteiger partial charge in [0.15, 0.2) is 8.32 Å². The van der Waals surface area contributed by atoms with Crippen LogP contribution < -0.4 is 4.74 Å². The second kappa shape index (κ2) is 21.5. The summed E-state index contributed by atoms with van der Waals surface area (Å²) in [5.74, 6) is -1.01. The van der Waals surface area contributed by atoms with Crippen LogP contribution in [0.5, 0.6) is 5.75 Å². The zero-order chi connectivity index (χ0) is 36.5. The Kier molecular flexibility index (Phi) is 19.4. The summed E-state index contributed by atoms with van der Waals surface area (Å²) in [4.78, 5) is 25.9. The lowest BCUT2D eigenvalue weighted by Gasteiger charge is -2.37. The molecular weight excluding hydrogens is 628 g/mol. The number of carbonyl (C=O) groups is 2. The molecule has 0 aliphatic heterocycles. The zero-order valence-corrected chi connectivity index (χ0v) is 32.1. The van der Waals surface area contributed by atoms with Crippen molar-refractivity contribution in [3.05, 3.63) is 66.8 Å². The van der Waals surface area contributed by atoms with Crippen LogP contribution in [0.25, 0.3) is 0 Å². The summed E-state index contributed by atoms with van der Waals surface area (Å²) < 4.78 is 34.9. The first-order valence-electron chi connectivity index (χ1n) is 16.8. The molecule has 0 unspecified atom stereocenters. The predicted octanol–water partition coefficient (Wildman–Crippen LogP) is 7.24. The molecule has 1 N–H and O–H groups in total. The van der Waals surface area contributed by atoms with E-state index in [2.05, 4.69) is 47.0 Å². The molecule has 0 radical (unpaired) electrons. The Bertz CT molecular complexity index is 1160. The van der Waals surface area contributed by atoms with Gasteiger partial charge in [0.1, 0.15) is 24.1 Å². The first-order valence-corrected chi connectivity index (χ1v) is 19.7. The molecule has 0 fully saturated rings. The van der Waals surface area contributed by atoms with Crippen LogP contribution in [-0.2, 0) is 39.6 Å².